The molecule has 0 aromatic carbocycles. The van der Waals surface area contributed by atoms with Crippen LogP contribution in [0.5, 0.6) is 0 Å². The normalized spacial score (nSPS) is 25.2. The summed E-state index contributed by atoms with van der Waals surface area (Å²) in [6.45, 7) is 11.5. The summed E-state index contributed by atoms with van der Waals surface area (Å²) in [6, 6.07) is 0.311. The summed E-state index contributed by atoms with van der Waals surface area (Å²) in [5.74, 6) is 0.161. The zero-order valence-electron chi connectivity index (χ0n) is 13.7. The maximum atomic E-state index is 11.6. The SMILES string of the molecule is CCS(=O)(=O)N(C)CCCN[C@H]1CC(C)(C)OC1(C)C. The molecule has 1 atom stereocenters. The maximum Gasteiger partial charge on any atom is 0.213 e. The molecule has 0 bridgehead atoms. The summed E-state index contributed by atoms with van der Waals surface area (Å²) in [7, 11) is -1.41. The highest BCUT2D eigenvalue weighted by Gasteiger charge is 2.45. The van der Waals surface area contributed by atoms with Gasteiger partial charge in [-0.2, -0.15) is 0 Å². The Morgan fingerprint density at radius 3 is 2.35 bits per heavy atom. The number of hydrogen-bond donors (Lipinski definition) is 1. The van der Waals surface area contributed by atoms with Crippen molar-refractivity contribution in [2.45, 2.75) is 64.7 Å². The number of nitrogens with one attached hydrogen (secondary N) is 1. The van der Waals surface area contributed by atoms with Crippen LogP contribution in [0, 0.1) is 0 Å². The average Bonchev–Trinajstić information content (AvgIpc) is 2.52. The Labute approximate surface area is 124 Å². The van der Waals surface area contributed by atoms with E-state index in [1.165, 1.54) is 4.31 Å². The second-order valence-electron chi connectivity index (χ2n) is 6.75. The van der Waals surface area contributed by atoms with Gasteiger partial charge in [0.15, 0.2) is 0 Å². The molecule has 120 valence electrons. The van der Waals surface area contributed by atoms with E-state index in [4.69, 9.17) is 4.74 Å². The molecule has 20 heavy (non-hydrogen) atoms. The predicted octanol–water partition coefficient (Wildman–Crippen LogP) is 1.59. The quantitative estimate of drug-likeness (QED) is 0.726. The van der Waals surface area contributed by atoms with Crippen molar-refractivity contribution in [3.8, 4) is 0 Å². The zero-order chi connectivity index (χ0) is 15.6. The first-order valence-electron chi connectivity index (χ1n) is 7.38. The lowest BCUT2D eigenvalue weighted by Crippen LogP contribution is -2.44. The van der Waals surface area contributed by atoms with E-state index in [9.17, 15) is 8.42 Å². The third kappa shape index (κ3) is 4.69. The van der Waals surface area contributed by atoms with Gasteiger partial charge in [-0.1, -0.05) is 0 Å². The van der Waals surface area contributed by atoms with Gasteiger partial charge in [0, 0.05) is 19.6 Å². The molecule has 1 heterocycles. The molecule has 0 unspecified atom stereocenters. The minimum atomic E-state index is -3.06. The molecule has 0 aliphatic carbocycles. The molecule has 0 spiro atoms. The van der Waals surface area contributed by atoms with Crippen molar-refractivity contribution >= 4 is 10.0 Å². The van der Waals surface area contributed by atoms with Gasteiger partial charge in [0.05, 0.1) is 17.0 Å². The Bertz CT molecular complexity index is 418. The molecule has 0 amide bonds. The van der Waals surface area contributed by atoms with Gasteiger partial charge in [0.25, 0.3) is 0 Å². The van der Waals surface area contributed by atoms with Gasteiger partial charge in [0.2, 0.25) is 10.0 Å². The molecule has 1 aliphatic heterocycles. The van der Waals surface area contributed by atoms with E-state index in [2.05, 4.69) is 33.0 Å². The Morgan fingerprint density at radius 1 is 1.30 bits per heavy atom. The van der Waals surface area contributed by atoms with Gasteiger partial charge in [-0.05, 0) is 54.0 Å². The van der Waals surface area contributed by atoms with Crippen LogP contribution in [0.1, 0.15) is 47.5 Å². The Morgan fingerprint density at radius 2 is 1.90 bits per heavy atom. The molecule has 5 nitrogen and oxygen atoms in total. The Balaban J connectivity index is 2.35. The van der Waals surface area contributed by atoms with E-state index >= 15 is 0 Å². The minimum Gasteiger partial charge on any atom is -0.368 e. The summed E-state index contributed by atoms with van der Waals surface area (Å²) in [5.41, 5.74) is -0.269. The molecule has 0 saturated carbocycles. The third-order valence-corrected chi connectivity index (χ3v) is 5.82. The van der Waals surface area contributed by atoms with Crippen LogP contribution >= 0.6 is 0 Å². The van der Waals surface area contributed by atoms with Gasteiger partial charge in [0.1, 0.15) is 0 Å². The van der Waals surface area contributed by atoms with Crippen molar-refractivity contribution in [1.82, 2.24) is 9.62 Å². The van der Waals surface area contributed by atoms with Crippen molar-refractivity contribution < 1.29 is 13.2 Å². The van der Waals surface area contributed by atoms with Crippen molar-refractivity contribution in [1.29, 1.82) is 0 Å². The second kappa shape index (κ2) is 6.30. The smallest absolute Gasteiger partial charge is 0.213 e. The van der Waals surface area contributed by atoms with Crippen molar-refractivity contribution in [2.75, 3.05) is 25.9 Å². The van der Waals surface area contributed by atoms with E-state index < -0.39 is 10.0 Å². The molecule has 1 N–H and O–H groups in total. The largest absolute Gasteiger partial charge is 0.368 e. The second-order valence-corrected chi connectivity index (χ2v) is 9.12. The number of ether oxygens (including phenoxy) is 1. The van der Waals surface area contributed by atoms with E-state index in [1.54, 1.807) is 14.0 Å². The van der Waals surface area contributed by atoms with Gasteiger partial charge >= 0.3 is 0 Å². The van der Waals surface area contributed by atoms with Crippen LogP contribution in [0.2, 0.25) is 0 Å². The highest BCUT2D eigenvalue weighted by molar-refractivity contribution is 7.89. The summed E-state index contributed by atoms with van der Waals surface area (Å²) in [5, 5.41) is 3.51. The highest BCUT2D eigenvalue weighted by Crippen LogP contribution is 2.37. The number of rotatable bonds is 7. The molecule has 1 saturated heterocycles. The zero-order valence-corrected chi connectivity index (χ0v) is 14.5. The van der Waals surface area contributed by atoms with E-state index in [0.29, 0.717) is 12.6 Å². The van der Waals surface area contributed by atoms with E-state index in [0.717, 1.165) is 19.4 Å². The van der Waals surface area contributed by atoms with Crippen LogP contribution in [-0.2, 0) is 14.8 Å². The van der Waals surface area contributed by atoms with Crippen LogP contribution in [0.3, 0.4) is 0 Å². The number of nitrogens with zero attached hydrogens (tertiary/aromatic N) is 1. The molecule has 1 fully saturated rings. The van der Waals surface area contributed by atoms with Crippen LogP contribution in [0.25, 0.3) is 0 Å². The van der Waals surface area contributed by atoms with Crippen molar-refractivity contribution in [3.63, 3.8) is 0 Å². The maximum absolute atomic E-state index is 11.6. The molecule has 0 aromatic heterocycles. The van der Waals surface area contributed by atoms with E-state index in [1.807, 2.05) is 0 Å². The number of sulfonamides is 1. The van der Waals surface area contributed by atoms with Crippen LogP contribution in [-0.4, -0.2) is 55.9 Å². The monoisotopic (exact) mass is 306 g/mol. The fourth-order valence-corrected chi connectivity index (χ4v) is 3.67. The lowest BCUT2D eigenvalue weighted by molar-refractivity contribution is -0.0697. The van der Waals surface area contributed by atoms with Crippen molar-refractivity contribution in [2.24, 2.45) is 0 Å². The van der Waals surface area contributed by atoms with Crippen LogP contribution in [0.15, 0.2) is 0 Å². The Hall–Kier alpha value is -0.170. The molecular weight excluding hydrogens is 276 g/mol. The fourth-order valence-electron chi connectivity index (χ4n) is 2.82. The third-order valence-electron chi connectivity index (χ3n) is 3.95. The van der Waals surface area contributed by atoms with Crippen LogP contribution < -0.4 is 5.32 Å². The predicted molar refractivity (Wildman–Crippen MR) is 82.4 cm³/mol. The summed E-state index contributed by atoms with van der Waals surface area (Å²) >= 11 is 0. The molecular formula is C14H30N2O3S. The summed E-state index contributed by atoms with van der Waals surface area (Å²) in [6.07, 6.45) is 1.78. The topological polar surface area (TPSA) is 58.6 Å². The average molecular weight is 306 g/mol. The van der Waals surface area contributed by atoms with E-state index in [-0.39, 0.29) is 17.0 Å². The standard InChI is InChI=1S/C14H30N2O3S/c1-7-20(17,18)16(6)10-8-9-15-12-11-13(2,3)19-14(12,4)5/h12,15H,7-11H2,1-6H3/t12-/m0/s1. The van der Waals surface area contributed by atoms with Gasteiger partial charge in [-0.25, -0.2) is 12.7 Å². The fraction of sp³-hybridized carbons (Fsp3) is 1.00. The molecule has 6 heteroatoms. The lowest BCUT2D eigenvalue weighted by Gasteiger charge is -2.28. The minimum absolute atomic E-state index is 0.0937. The molecule has 0 radical (unpaired) electrons. The van der Waals surface area contributed by atoms with Crippen LogP contribution in [0.4, 0.5) is 0 Å². The lowest BCUT2D eigenvalue weighted by atomic mass is 9.94. The molecule has 0 aromatic rings. The summed E-state index contributed by atoms with van der Waals surface area (Å²) in [4.78, 5) is 0. The Kier molecular flexibility index (Phi) is 5.63. The molecule has 1 aliphatic rings. The first-order valence-corrected chi connectivity index (χ1v) is 8.99. The molecule has 1 rings (SSSR count). The van der Waals surface area contributed by atoms with Gasteiger partial charge in [-0.15, -0.1) is 0 Å². The van der Waals surface area contributed by atoms with Crippen molar-refractivity contribution in [3.05, 3.63) is 0 Å². The summed E-state index contributed by atoms with van der Waals surface area (Å²) < 4.78 is 30.7. The highest BCUT2D eigenvalue weighted by atomic mass is 32.2. The number of hydrogen-bond acceptors (Lipinski definition) is 4. The first-order chi connectivity index (χ1) is 9.00. The van der Waals surface area contributed by atoms with Gasteiger partial charge in [-0.3, -0.25) is 0 Å². The van der Waals surface area contributed by atoms with Gasteiger partial charge < -0.3 is 10.1 Å². The first kappa shape index (κ1) is 17.9.